The summed E-state index contributed by atoms with van der Waals surface area (Å²) >= 11 is 0. The van der Waals surface area contributed by atoms with Crippen molar-refractivity contribution in [3.63, 3.8) is 0 Å². The third kappa shape index (κ3) is 2.77. The number of hydrogen-bond acceptors (Lipinski definition) is 2. The highest BCUT2D eigenvalue weighted by Crippen LogP contribution is 2.22. The first-order valence-electron chi connectivity index (χ1n) is 6.32. The van der Waals surface area contributed by atoms with Crippen LogP contribution in [0.1, 0.15) is 12.0 Å². The molecule has 3 rings (SSSR count). The van der Waals surface area contributed by atoms with Crippen molar-refractivity contribution in [3.8, 4) is 0 Å². The van der Waals surface area contributed by atoms with Crippen molar-refractivity contribution in [2.24, 2.45) is 0 Å². The number of piperazine rings is 1. The van der Waals surface area contributed by atoms with Gasteiger partial charge in [0.05, 0.1) is 6.04 Å². The lowest BCUT2D eigenvalue weighted by molar-refractivity contribution is 0.256. The molecule has 0 bridgehead atoms. The summed E-state index contributed by atoms with van der Waals surface area (Å²) in [6, 6.07) is 11.2. The van der Waals surface area contributed by atoms with Crippen molar-refractivity contribution >= 4 is 12.4 Å². The summed E-state index contributed by atoms with van der Waals surface area (Å²) in [6.45, 7) is 3.21. The minimum absolute atomic E-state index is 0. The molecule has 0 amide bonds. The van der Waals surface area contributed by atoms with E-state index in [0.717, 1.165) is 26.1 Å². The number of benzene rings is 1. The molecule has 0 radical (unpaired) electrons. The van der Waals surface area contributed by atoms with Crippen LogP contribution in [-0.4, -0.2) is 24.0 Å². The lowest BCUT2D eigenvalue weighted by Gasteiger charge is -2.39. The van der Waals surface area contributed by atoms with Crippen LogP contribution in [-0.2, 0) is 6.54 Å². The van der Waals surface area contributed by atoms with E-state index in [1.807, 2.05) is 0 Å². The topological polar surface area (TPSA) is 15.3 Å². The van der Waals surface area contributed by atoms with E-state index in [9.17, 15) is 0 Å². The largest absolute Gasteiger partial charge is 0.368 e. The van der Waals surface area contributed by atoms with Gasteiger partial charge in [-0.25, -0.2) is 0 Å². The molecule has 1 aromatic rings. The number of halogens is 1. The molecule has 1 aliphatic heterocycles. The Bertz CT molecular complexity index is 439. The summed E-state index contributed by atoms with van der Waals surface area (Å²) in [6.07, 6.45) is 7.80. The molecule has 1 aromatic carbocycles. The van der Waals surface area contributed by atoms with Crippen molar-refractivity contribution < 1.29 is 0 Å². The van der Waals surface area contributed by atoms with Gasteiger partial charge in [0.1, 0.15) is 0 Å². The Balaban J connectivity index is 0.00000120. The Morgan fingerprint density at radius 2 is 2.06 bits per heavy atom. The van der Waals surface area contributed by atoms with Crippen LogP contribution >= 0.6 is 12.4 Å². The normalized spacial score (nSPS) is 21.9. The molecule has 0 aromatic heterocycles. The fraction of sp³-hybridized carbons (Fsp3) is 0.333. The van der Waals surface area contributed by atoms with E-state index in [0.29, 0.717) is 6.04 Å². The summed E-state index contributed by atoms with van der Waals surface area (Å²) in [5.74, 6) is 0. The van der Waals surface area contributed by atoms with Gasteiger partial charge in [-0.05, 0) is 18.1 Å². The monoisotopic (exact) mass is 262 g/mol. The van der Waals surface area contributed by atoms with Gasteiger partial charge in [0.2, 0.25) is 0 Å². The van der Waals surface area contributed by atoms with Crippen molar-refractivity contribution in [1.29, 1.82) is 0 Å². The van der Waals surface area contributed by atoms with Crippen LogP contribution in [0.2, 0.25) is 0 Å². The molecule has 96 valence electrons. The van der Waals surface area contributed by atoms with E-state index >= 15 is 0 Å². The van der Waals surface area contributed by atoms with E-state index in [1.165, 1.54) is 11.3 Å². The molecule has 1 saturated heterocycles. The number of fused-ring (bicyclic) bond motifs is 1. The predicted molar refractivity (Wildman–Crippen MR) is 77.7 cm³/mol. The van der Waals surface area contributed by atoms with Gasteiger partial charge in [0.15, 0.2) is 0 Å². The smallest absolute Gasteiger partial charge is 0.0507 e. The Morgan fingerprint density at radius 1 is 1.22 bits per heavy atom. The number of allylic oxidation sites excluding steroid dienone is 2. The van der Waals surface area contributed by atoms with E-state index in [2.05, 4.69) is 58.8 Å². The summed E-state index contributed by atoms with van der Waals surface area (Å²) in [4.78, 5) is 2.50. The average molecular weight is 263 g/mol. The molecule has 0 spiro atoms. The van der Waals surface area contributed by atoms with Crippen LogP contribution in [0.3, 0.4) is 0 Å². The Labute approximate surface area is 115 Å². The van der Waals surface area contributed by atoms with Gasteiger partial charge >= 0.3 is 0 Å². The fourth-order valence-corrected chi connectivity index (χ4v) is 2.61. The van der Waals surface area contributed by atoms with Crippen LogP contribution in [0.4, 0.5) is 0 Å². The molecule has 3 heteroatoms. The molecule has 0 saturated carbocycles. The van der Waals surface area contributed by atoms with Crippen LogP contribution in [0.5, 0.6) is 0 Å². The number of nitrogens with one attached hydrogen (secondary N) is 1. The Morgan fingerprint density at radius 3 is 2.89 bits per heavy atom. The molecule has 1 fully saturated rings. The first-order chi connectivity index (χ1) is 8.43. The highest BCUT2D eigenvalue weighted by molar-refractivity contribution is 5.85. The van der Waals surface area contributed by atoms with E-state index in [-0.39, 0.29) is 12.4 Å². The zero-order valence-electron chi connectivity index (χ0n) is 10.4. The molecule has 1 heterocycles. The maximum Gasteiger partial charge on any atom is 0.0507 e. The van der Waals surface area contributed by atoms with Gasteiger partial charge in [-0.2, -0.15) is 0 Å². The molecular weight excluding hydrogens is 244 g/mol. The molecule has 2 aliphatic rings. The van der Waals surface area contributed by atoms with E-state index < -0.39 is 0 Å². The minimum Gasteiger partial charge on any atom is -0.368 e. The van der Waals surface area contributed by atoms with Gasteiger partial charge in [-0.1, -0.05) is 42.5 Å². The minimum atomic E-state index is 0. The van der Waals surface area contributed by atoms with E-state index in [4.69, 9.17) is 0 Å². The number of nitrogens with zero attached hydrogens (tertiary/aromatic N) is 1. The number of rotatable bonds is 2. The SMILES string of the molecule is C1=CCC2NCCN(Cc3ccccc3)C2=C1.Cl. The Hall–Kier alpha value is -1.25. The van der Waals surface area contributed by atoms with Gasteiger partial charge in [0.25, 0.3) is 0 Å². The first kappa shape index (κ1) is 13.2. The molecule has 1 atom stereocenters. The van der Waals surface area contributed by atoms with Crippen molar-refractivity contribution in [2.45, 2.75) is 19.0 Å². The lowest BCUT2D eigenvalue weighted by atomic mass is 10.0. The lowest BCUT2D eigenvalue weighted by Crippen LogP contribution is -2.48. The van der Waals surface area contributed by atoms with Crippen LogP contribution in [0.15, 0.2) is 54.3 Å². The third-order valence-electron chi connectivity index (χ3n) is 3.49. The zero-order valence-corrected chi connectivity index (χ0v) is 11.2. The zero-order chi connectivity index (χ0) is 11.5. The van der Waals surface area contributed by atoms with Gasteiger partial charge < -0.3 is 10.2 Å². The molecule has 2 nitrogen and oxygen atoms in total. The molecule has 1 aliphatic carbocycles. The second-order valence-corrected chi connectivity index (χ2v) is 4.67. The maximum absolute atomic E-state index is 3.58. The molecule has 1 unspecified atom stereocenters. The second-order valence-electron chi connectivity index (χ2n) is 4.67. The summed E-state index contributed by atoms with van der Waals surface area (Å²) < 4.78 is 0. The maximum atomic E-state index is 3.58. The molecule has 18 heavy (non-hydrogen) atoms. The van der Waals surface area contributed by atoms with Crippen molar-refractivity contribution in [2.75, 3.05) is 13.1 Å². The highest BCUT2D eigenvalue weighted by Gasteiger charge is 2.24. The highest BCUT2D eigenvalue weighted by atomic mass is 35.5. The van der Waals surface area contributed by atoms with Gasteiger partial charge in [-0.3, -0.25) is 0 Å². The molecular formula is C15H19ClN2. The first-order valence-corrected chi connectivity index (χ1v) is 6.32. The standard InChI is InChI=1S/C15H18N2.ClH/c1-2-6-13(7-3-1)12-17-11-10-16-14-8-4-5-9-15(14)17;/h1-7,9,14,16H,8,10-12H2;1H. The second kappa shape index (κ2) is 6.07. The summed E-state index contributed by atoms with van der Waals surface area (Å²) in [5.41, 5.74) is 2.84. The number of hydrogen-bond donors (Lipinski definition) is 1. The van der Waals surface area contributed by atoms with E-state index in [1.54, 1.807) is 0 Å². The third-order valence-corrected chi connectivity index (χ3v) is 3.49. The van der Waals surface area contributed by atoms with Crippen molar-refractivity contribution in [3.05, 3.63) is 59.8 Å². The quantitative estimate of drug-likeness (QED) is 0.882. The summed E-state index contributed by atoms with van der Waals surface area (Å²) in [7, 11) is 0. The summed E-state index contributed by atoms with van der Waals surface area (Å²) in [5, 5.41) is 3.58. The van der Waals surface area contributed by atoms with Crippen LogP contribution in [0, 0.1) is 0 Å². The Kier molecular flexibility index (Phi) is 4.45. The van der Waals surface area contributed by atoms with Crippen LogP contribution < -0.4 is 5.32 Å². The fourth-order valence-electron chi connectivity index (χ4n) is 2.61. The average Bonchev–Trinajstić information content (AvgIpc) is 2.40. The molecule has 1 N–H and O–H groups in total. The van der Waals surface area contributed by atoms with Crippen molar-refractivity contribution in [1.82, 2.24) is 10.2 Å². The van der Waals surface area contributed by atoms with Gasteiger partial charge in [0, 0.05) is 25.3 Å². The predicted octanol–water partition coefficient (Wildman–Crippen LogP) is 2.73. The van der Waals surface area contributed by atoms with Crippen LogP contribution in [0.25, 0.3) is 0 Å². The van der Waals surface area contributed by atoms with Gasteiger partial charge in [-0.15, -0.1) is 12.4 Å².